The zero-order valence-electron chi connectivity index (χ0n) is 12.5. The van der Waals surface area contributed by atoms with Crippen LogP contribution in [0.3, 0.4) is 0 Å². The number of Topliss-reactive ketones (excluding diaryl/α,β-unsaturated/α-hetero) is 3. The lowest BCUT2D eigenvalue weighted by Gasteiger charge is -2.31. The number of hydrogen-bond donors (Lipinski definition) is 0. The first-order chi connectivity index (χ1) is 10.4. The third-order valence-corrected chi connectivity index (χ3v) is 4.09. The van der Waals surface area contributed by atoms with E-state index in [2.05, 4.69) is 0 Å². The Bertz CT molecular complexity index is 672. The van der Waals surface area contributed by atoms with Crippen molar-refractivity contribution in [2.75, 3.05) is 0 Å². The molecule has 0 N–H and O–H groups in total. The van der Waals surface area contributed by atoms with Crippen LogP contribution in [0.25, 0.3) is 0 Å². The number of halogens is 4. The van der Waals surface area contributed by atoms with E-state index < -0.39 is 45.4 Å². The van der Waals surface area contributed by atoms with E-state index in [0.29, 0.717) is 12.1 Å². The van der Waals surface area contributed by atoms with Gasteiger partial charge in [-0.2, -0.15) is 13.2 Å². The van der Waals surface area contributed by atoms with E-state index in [1.54, 1.807) is 13.8 Å². The molecule has 2 rings (SSSR count). The van der Waals surface area contributed by atoms with E-state index in [1.807, 2.05) is 0 Å². The molecule has 124 valence electrons. The molecule has 1 aliphatic rings. The third-order valence-electron chi connectivity index (χ3n) is 3.77. The maximum atomic E-state index is 12.6. The lowest BCUT2D eigenvalue weighted by Crippen LogP contribution is -2.41. The van der Waals surface area contributed by atoms with Crippen molar-refractivity contribution < 1.29 is 27.6 Å². The van der Waals surface area contributed by atoms with Crippen molar-refractivity contribution in [1.82, 2.24) is 0 Å². The van der Waals surface area contributed by atoms with Gasteiger partial charge in [-0.3, -0.25) is 14.4 Å². The Morgan fingerprint density at radius 1 is 1.17 bits per heavy atom. The minimum absolute atomic E-state index is 0.0629. The van der Waals surface area contributed by atoms with Gasteiger partial charge in [0.1, 0.15) is 5.92 Å². The highest BCUT2D eigenvalue weighted by atomic mass is 35.5. The molecule has 1 fully saturated rings. The lowest BCUT2D eigenvalue weighted by molar-refractivity contribution is -0.138. The molecule has 23 heavy (non-hydrogen) atoms. The number of alkyl halides is 3. The van der Waals surface area contributed by atoms with Crippen LogP contribution >= 0.6 is 11.6 Å². The van der Waals surface area contributed by atoms with Crippen molar-refractivity contribution in [1.29, 1.82) is 0 Å². The van der Waals surface area contributed by atoms with Crippen molar-refractivity contribution in [3.63, 3.8) is 0 Å². The van der Waals surface area contributed by atoms with Gasteiger partial charge in [-0.05, 0) is 23.6 Å². The normalized spacial score (nSPS) is 19.0. The molecule has 0 spiro atoms. The van der Waals surface area contributed by atoms with E-state index in [-0.39, 0.29) is 18.4 Å². The molecule has 0 atom stereocenters. The van der Waals surface area contributed by atoms with Gasteiger partial charge in [-0.15, -0.1) is 0 Å². The molecule has 0 bridgehead atoms. The van der Waals surface area contributed by atoms with Gasteiger partial charge in [0.05, 0.1) is 10.6 Å². The van der Waals surface area contributed by atoms with E-state index in [9.17, 15) is 27.6 Å². The maximum absolute atomic E-state index is 12.6. The van der Waals surface area contributed by atoms with Gasteiger partial charge in [-0.1, -0.05) is 25.4 Å². The summed E-state index contributed by atoms with van der Waals surface area (Å²) in [6.07, 6.45) is -4.47. The fraction of sp³-hybridized carbons (Fsp3) is 0.438. The number of carbonyl (C=O) groups excluding carboxylic acids is 3. The summed E-state index contributed by atoms with van der Waals surface area (Å²) in [6.45, 7) is 3.49. The van der Waals surface area contributed by atoms with Gasteiger partial charge < -0.3 is 0 Å². The summed E-state index contributed by atoms with van der Waals surface area (Å²) in [7, 11) is 0. The van der Waals surface area contributed by atoms with Crippen molar-refractivity contribution in [3.05, 3.63) is 34.3 Å². The molecule has 3 nitrogen and oxygen atoms in total. The Kier molecular flexibility index (Phi) is 4.41. The van der Waals surface area contributed by atoms with E-state index in [1.165, 1.54) is 0 Å². The molecule has 0 aromatic heterocycles. The largest absolute Gasteiger partial charge is 0.416 e. The average Bonchev–Trinajstić information content (AvgIpc) is 2.34. The number of carbonyl (C=O) groups is 3. The predicted octanol–water partition coefficient (Wildman–Crippen LogP) is 4.12. The Hall–Kier alpha value is -1.69. The van der Waals surface area contributed by atoms with Gasteiger partial charge >= 0.3 is 6.18 Å². The van der Waals surface area contributed by atoms with Crippen molar-refractivity contribution in [3.8, 4) is 0 Å². The second-order valence-electron chi connectivity index (χ2n) is 6.44. The first-order valence-corrected chi connectivity index (χ1v) is 7.26. The SMILES string of the molecule is CC1(C)CC(=O)C(C(=O)c2ccc(C(F)(F)F)cc2Cl)C(=O)C1. The lowest BCUT2D eigenvalue weighted by atomic mass is 9.69. The molecule has 1 saturated carbocycles. The van der Waals surface area contributed by atoms with Crippen molar-refractivity contribution in [2.24, 2.45) is 11.3 Å². The quantitative estimate of drug-likeness (QED) is 0.598. The van der Waals surface area contributed by atoms with Crippen LogP contribution in [0.15, 0.2) is 18.2 Å². The topological polar surface area (TPSA) is 51.2 Å². The summed E-state index contributed by atoms with van der Waals surface area (Å²) in [5.41, 5.74) is -1.76. The molecule has 0 amide bonds. The maximum Gasteiger partial charge on any atom is 0.416 e. The number of hydrogen-bond acceptors (Lipinski definition) is 3. The molecule has 1 aromatic carbocycles. The van der Waals surface area contributed by atoms with Crippen molar-refractivity contribution >= 4 is 29.0 Å². The summed E-state index contributed by atoms with van der Waals surface area (Å²) in [4.78, 5) is 36.6. The number of benzene rings is 1. The predicted molar refractivity (Wildman–Crippen MR) is 77.3 cm³/mol. The van der Waals surface area contributed by atoms with Gasteiger partial charge in [-0.25, -0.2) is 0 Å². The zero-order valence-corrected chi connectivity index (χ0v) is 13.2. The number of ketones is 3. The Morgan fingerprint density at radius 3 is 2.13 bits per heavy atom. The molecule has 0 saturated heterocycles. The molecule has 0 heterocycles. The zero-order chi connectivity index (χ0) is 17.6. The standard InChI is InChI=1S/C16H14ClF3O3/c1-15(2)6-11(21)13(12(22)7-15)14(23)9-4-3-8(5-10(9)17)16(18,19)20/h3-5,13H,6-7H2,1-2H3. The average molecular weight is 347 g/mol. The minimum atomic E-state index is -4.59. The van der Waals surface area contributed by atoms with Crippen LogP contribution in [0.4, 0.5) is 13.2 Å². The second kappa shape index (κ2) is 5.74. The first kappa shape index (κ1) is 17.7. The monoisotopic (exact) mass is 346 g/mol. The molecule has 1 aromatic rings. The first-order valence-electron chi connectivity index (χ1n) is 6.89. The fourth-order valence-electron chi connectivity index (χ4n) is 2.73. The smallest absolute Gasteiger partial charge is 0.298 e. The second-order valence-corrected chi connectivity index (χ2v) is 6.85. The van der Waals surface area contributed by atoms with Crippen molar-refractivity contribution in [2.45, 2.75) is 32.9 Å². The summed E-state index contributed by atoms with van der Waals surface area (Å²) in [5, 5.41) is -0.421. The van der Waals surface area contributed by atoms with E-state index in [4.69, 9.17) is 11.6 Å². The highest BCUT2D eigenvalue weighted by molar-refractivity contribution is 6.36. The molecule has 0 unspecified atom stereocenters. The highest BCUT2D eigenvalue weighted by Crippen LogP contribution is 2.37. The van der Waals surface area contributed by atoms with Gasteiger partial charge in [0.2, 0.25) is 0 Å². The molecule has 7 heteroatoms. The number of rotatable bonds is 2. The highest BCUT2D eigenvalue weighted by Gasteiger charge is 2.44. The van der Waals surface area contributed by atoms with Crippen LogP contribution in [-0.2, 0) is 15.8 Å². The third kappa shape index (κ3) is 3.63. The summed E-state index contributed by atoms with van der Waals surface area (Å²) < 4.78 is 37.8. The van der Waals surface area contributed by atoms with Crippen LogP contribution in [-0.4, -0.2) is 17.3 Å². The van der Waals surface area contributed by atoms with E-state index in [0.717, 1.165) is 6.07 Å². The molecular formula is C16H14ClF3O3. The van der Waals surface area contributed by atoms with Gasteiger partial charge in [0.25, 0.3) is 0 Å². The summed E-state index contributed by atoms with van der Waals surface area (Å²) in [5.74, 6) is -3.36. The fourth-order valence-corrected chi connectivity index (χ4v) is 3.00. The van der Waals surface area contributed by atoms with Gasteiger partial charge in [0, 0.05) is 18.4 Å². The van der Waals surface area contributed by atoms with Crippen LogP contribution in [0, 0.1) is 11.3 Å². The van der Waals surface area contributed by atoms with Crippen LogP contribution in [0.5, 0.6) is 0 Å². The molecule has 0 aliphatic heterocycles. The summed E-state index contributed by atoms with van der Waals surface area (Å²) in [6, 6.07) is 2.24. The molecule has 1 aliphatic carbocycles. The Balaban J connectivity index is 2.34. The van der Waals surface area contributed by atoms with Crippen LogP contribution in [0.2, 0.25) is 5.02 Å². The van der Waals surface area contributed by atoms with Gasteiger partial charge in [0.15, 0.2) is 17.3 Å². The minimum Gasteiger partial charge on any atom is -0.298 e. The summed E-state index contributed by atoms with van der Waals surface area (Å²) >= 11 is 5.76. The molecule has 0 radical (unpaired) electrons. The Morgan fingerprint density at radius 2 is 1.70 bits per heavy atom. The Labute approximate surface area is 135 Å². The van der Waals surface area contributed by atoms with Crippen LogP contribution < -0.4 is 0 Å². The van der Waals surface area contributed by atoms with E-state index >= 15 is 0 Å². The van der Waals surface area contributed by atoms with Crippen LogP contribution in [0.1, 0.15) is 42.6 Å². The molecular weight excluding hydrogens is 333 g/mol.